The largest absolute Gasteiger partial charge is 0.465 e. The molecule has 4 bridgehead atoms. The molecule has 0 spiro atoms. The highest BCUT2D eigenvalue weighted by Crippen LogP contribution is 2.57. The monoisotopic (exact) mass is 579 g/mol. The number of fused-ring (bicyclic) bond motifs is 1. The van der Waals surface area contributed by atoms with Crippen LogP contribution >= 0.6 is 0 Å². The van der Waals surface area contributed by atoms with Crippen LogP contribution in [0.1, 0.15) is 104 Å². The Morgan fingerprint density at radius 1 is 0.953 bits per heavy atom. The van der Waals surface area contributed by atoms with Crippen molar-refractivity contribution in [1.82, 2.24) is 14.5 Å². The molecule has 7 heteroatoms. The van der Waals surface area contributed by atoms with E-state index in [2.05, 4.69) is 34.9 Å². The van der Waals surface area contributed by atoms with Gasteiger partial charge in [0.15, 0.2) is 5.58 Å². The maximum atomic E-state index is 12.2. The third-order valence-corrected chi connectivity index (χ3v) is 10.8. The van der Waals surface area contributed by atoms with Crippen LogP contribution in [0.5, 0.6) is 0 Å². The molecule has 0 saturated heterocycles. The van der Waals surface area contributed by atoms with E-state index >= 15 is 0 Å². The van der Waals surface area contributed by atoms with Gasteiger partial charge in [-0.3, -0.25) is 0 Å². The first-order valence-electron chi connectivity index (χ1n) is 16.3. The average Bonchev–Trinajstić information content (AvgIpc) is 3.61. The molecule has 0 N–H and O–H groups in total. The third kappa shape index (κ3) is 5.09. The molecule has 4 aromatic rings. The smallest absolute Gasteiger partial charge is 0.337 e. The Labute approximate surface area is 253 Å². The van der Waals surface area contributed by atoms with Gasteiger partial charge in [0, 0.05) is 12.5 Å². The van der Waals surface area contributed by atoms with Gasteiger partial charge < -0.3 is 18.5 Å². The number of ether oxygens (including phenoxy) is 2. The molecule has 0 amide bonds. The highest BCUT2D eigenvalue weighted by Gasteiger charge is 2.52. The summed E-state index contributed by atoms with van der Waals surface area (Å²) in [5.74, 6) is 4.09. The van der Waals surface area contributed by atoms with Crippen LogP contribution in [0, 0.1) is 17.8 Å². The number of carbonyl (C=O) groups is 1. The van der Waals surface area contributed by atoms with E-state index in [0.717, 1.165) is 54.4 Å². The van der Waals surface area contributed by atoms with Crippen molar-refractivity contribution in [2.45, 2.75) is 95.3 Å². The van der Waals surface area contributed by atoms with Crippen molar-refractivity contribution in [3.05, 3.63) is 71.2 Å². The van der Waals surface area contributed by atoms with Crippen molar-refractivity contribution in [1.29, 1.82) is 0 Å². The predicted octanol–water partition coefficient (Wildman–Crippen LogP) is 8.06. The maximum Gasteiger partial charge on any atom is 0.337 e. The van der Waals surface area contributed by atoms with Gasteiger partial charge in [-0.05, 0) is 92.9 Å². The normalized spacial score (nSPS) is 26.8. The summed E-state index contributed by atoms with van der Waals surface area (Å²) < 4.78 is 20.9. The van der Waals surface area contributed by atoms with Crippen LogP contribution in [0.4, 0.5) is 0 Å². The molecular formula is C36H41N3O4. The van der Waals surface area contributed by atoms with Crippen molar-refractivity contribution in [2.24, 2.45) is 17.8 Å². The minimum Gasteiger partial charge on any atom is -0.465 e. The van der Waals surface area contributed by atoms with Crippen LogP contribution in [-0.4, -0.2) is 33.2 Å². The third-order valence-electron chi connectivity index (χ3n) is 10.8. The van der Waals surface area contributed by atoms with E-state index in [1.54, 1.807) is 18.2 Å². The van der Waals surface area contributed by atoms with Crippen LogP contribution in [0.25, 0.3) is 22.7 Å². The van der Waals surface area contributed by atoms with Gasteiger partial charge in [0.25, 0.3) is 0 Å². The number of esters is 1. The Kier molecular flexibility index (Phi) is 6.89. The van der Waals surface area contributed by atoms with Gasteiger partial charge >= 0.3 is 5.97 Å². The Bertz CT molecular complexity index is 1600. The first-order valence-corrected chi connectivity index (χ1v) is 16.3. The molecule has 9 rings (SSSR count). The van der Waals surface area contributed by atoms with Gasteiger partial charge in [0.2, 0.25) is 5.89 Å². The number of nitrogens with zero attached hydrogens (tertiary/aromatic N) is 3. The Hall–Kier alpha value is -3.45. The molecule has 5 fully saturated rings. The minimum atomic E-state index is -0.386. The highest BCUT2D eigenvalue weighted by molar-refractivity contribution is 5.93. The minimum absolute atomic E-state index is 0.0183. The zero-order chi connectivity index (χ0) is 29.0. The number of oxazole rings is 1. The molecule has 0 unspecified atom stereocenters. The van der Waals surface area contributed by atoms with Gasteiger partial charge in [0.05, 0.1) is 30.6 Å². The molecule has 0 radical (unpaired) electrons. The fraction of sp³-hybridized carbons (Fsp3) is 0.528. The maximum absolute atomic E-state index is 12.2. The van der Waals surface area contributed by atoms with E-state index in [9.17, 15) is 4.79 Å². The van der Waals surface area contributed by atoms with Crippen LogP contribution in [0.2, 0.25) is 0 Å². The first-order chi connectivity index (χ1) is 21.1. The number of hydrogen-bond acceptors (Lipinski definition) is 6. The van der Waals surface area contributed by atoms with E-state index in [0.29, 0.717) is 35.1 Å². The first kappa shape index (κ1) is 27.1. The molecule has 7 nitrogen and oxygen atoms in total. The van der Waals surface area contributed by atoms with Gasteiger partial charge in [-0.15, -0.1) is 0 Å². The van der Waals surface area contributed by atoms with Crippen molar-refractivity contribution in [3.63, 3.8) is 0 Å². The van der Waals surface area contributed by atoms with Crippen molar-refractivity contribution >= 4 is 17.1 Å². The number of methoxy groups -OCH3 is 1. The molecule has 2 heterocycles. The molecule has 0 atom stereocenters. The number of carbonyl (C=O) groups excluding carboxylic acids is 1. The molecule has 0 aliphatic heterocycles. The molecular weight excluding hydrogens is 538 g/mol. The molecule has 224 valence electrons. The SMILES string of the molecule is COC(=O)c1ccc2oc(-c3nc(C4CCCCC4)n(Cc4ccccc4)c3COC34CC5CC(CC(C5)C3)C4)nc2c1. The quantitative estimate of drug-likeness (QED) is 0.197. The van der Waals surface area contributed by atoms with Crippen LogP contribution < -0.4 is 0 Å². The van der Waals surface area contributed by atoms with Gasteiger partial charge in [-0.25, -0.2) is 14.8 Å². The number of benzene rings is 2. The summed E-state index contributed by atoms with van der Waals surface area (Å²) in [5, 5.41) is 0. The summed E-state index contributed by atoms with van der Waals surface area (Å²) >= 11 is 0. The fourth-order valence-electron chi connectivity index (χ4n) is 9.14. The summed E-state index contributed by atoms with van der Waals surface area (Å²) in [7, 11) is 1.39. The Morgan fingerprint density at radius 3 is 2.37 bits per heavy atom. The molecule has 5 aliphatic carbocycles. The Balaban J connectivity index is 1.23. The highest BCUT2D eigenvalue weighted by atomic mass is 16.5. The van der Waals surface area contributed by atoms with Crippen LogP contribution in [-0.2, 0) is 22.6 Å². The second-order valence-corrected chi connectivity index (χ2v) is 13.8. The second kappa shape index (κ2) is 10.9. The number of hydrogen-bond donors (Lipinski definition) is 0. The predicted molar refractivity (Wildman–Crippen MR) is 164 cm³/mol. The second-order valence-electron chi connectivity index (χ2n) is 13.8. The molecule has 5 saturated carbocycles. The lowest BCUT2D eigenvalue weighted by molar-refractivity contribution is -0.169. The zero-order valence-electron chi connectivity index (χ0n) is 25.1. The van der Waals surface area contributed by atoms with Crippen molar-refractivity contribution in [2.75, 3.05) is 7.11 Å². The van der Waals surface area contributed by atoms with Gasteiger partial charge in [-0.2, -0.15) is 0 Å². The fourth-order valence-corrected chi connectivity index (χ4v) is 9.14. The number of imidazole rings is 1. The number of aromatic nitrogens is 3. The summed E-state index contributed by atoms with van der Waals surface area (Å²) in [6, 6.07) is 15.9. The van der Waals surface area contributed by atoms with Crippen LogP contribution in [0.15, 0.2) is 52.9 Å². The molecule has 5 aliphatic rings. The topological polar surface area (TPSA) is 79.4 Å². The van der Waals surface area contributed by atoms with E-state index < -0.39 is 0 Å². The molecule has 2 aromatic carbocycles. The lowest BCUT2D eigenvalue weighted by Crippen LogP contribution is -2.51. The van der Waals surface area contributed by atoms with Crippen molar-refractivity contribution < 1.29 is 18.7 Å². The van der Waals surface area contributed by atoms with Gasteiger partial charge in [-0.1, -0.05) is 49.6 Å². The average molecular weight is 580 g/mol. The standard InChI is InChI=1S/C36H41N3O4/c1-41-35(40)28-12-13-31-29(17-28)37-34(43-31)32-30(22-42-36-18-24-14-25(19-36)16-26(15-24)20-36)39(21-23-8-4-2-5-9-23)33(38-32)27-10-6-3-7-11-27/h2,4-5,8-9,12-13,17,24-27H,3,6-7,10-11,14-16,18-22H2,1H3. The molecule has 43 heavy (non-hydrogen) atoms. The van der Waals surface area contributed by atoms with E-state index in [4.69, 9.17) is 23.9 Å². The molecule has 2 aromatic heterocycles. The summed E-state index contributed by atoms with van der Waals surface area (Å²) in [5.41, 5.74) is 4.78. The Morgan fingerprint density at radius 2 is 1.67 bits per heavy atom. The van der Waals surface area contributed by atoms with E-state index in [1.165, 1.54) is 70.5 Å². The lowest BCUT2D eigenvalue weighted by Gasteiger charge is -2.56. The summed E-state index contributed by atoms with van der Waals surface area (Å²) in [4.78, 5) is 22.5. The van der Waals surface area contributed by atoms with Crippen molar-refractivity contribution in [3.8, 4) is 11.6 Å². The summed E-state index contributed by atoms with van der Waals surface area (Å²) in [6.07, 6.45) is 13.8. The zero-order valence-corrected chi connectivity index (χ0v) is 25.1. The lowest BCUT2D eigenvalue weighted by atomic mass is 9.54. The van der Waals surface area contributed by atoms with E-state index in [1.807, 2.05) is 0 Å². The van der Waals surface area contributed by atoms with Gasteiger partial charge in [0.1, 0.15) is 17.0 Å². The summed E-state index contributed by atoms with van der Waals surface area (Å²) in [6.45, 7) is 1.24. The van der Waals surface area contributed by atoms with Crippen LogP contribution in [0.3, 0.4) is 0 Å². The number of rotatable bonds is 8. The van der Waals surface area contributed by atoms with E-state index in [-0.39, 0.29) is 11.6 Å².